The molecule has 0 aliphatic carbocycles. The molecule has 15 heavy (non-hydrogen) atoms. The highest BCUT2D eigenvalue weighted by Crippen LogP contribution is 2.31. The monoisotopic (exact) mass is 199 g/mol. The van der Waals surface area contributed by atoms with Crippen LogP contribution < -0.4 is 5.32 Å². The number of benzene rings is 1. The van der Waals surface area contributed by atoms with Crippen LogP contribution in [-0.4, -0.2) is 5.91 Å². The van der Waals surface area contributed by atoms with Gasteiger partial charge in [0.1, 0.15) is 0 Å². The summed E-state index contributed by atoms with van der Waals surface area (Å²) in [5, 5.41) is 2.83. The number of carbonyl (C=O) groups is 1. The third kappa shape index (κ3) is 1.84. The zero-order valence-electron chi connectivity index (χ0n) is 8.87. The molecule has 0 atom stereocenters. The van der Waals surface area contributed by atoms with Gasteiger partial charge in [0.25, 0.3) is 5.91 Å². The Kier molecular flexibility index (Phi) is 2.42. The highest BCUT2D eigenvalue weighted by Gasteiger charge is 2.22. The molecule has 2 heteroatoms. The number of rotatable bonds is 1. The predicted molar refractivity (Wildman–Crippen MR) is 62.5 cm³/mol. The number of amides is 1. The first-order valence-corrected chi connectivity index (χ1v) is 4.94. The molecule has 1 aliphatic rings. The smallest absolute Gasteiger partial charge is 0.256 e. The van der Waals surface area contributed by atoms with Crippen molar-refractivity contribution in [2.45, 2.75) is 13.8 Å². The van der Waals surface area contributed by atoms with Crippen molar-refractivity contribution in [2.75, 3.05) is 5.32 Å². The van der Waals surface area contributed by atoms with E-state index in [9.17, 15) is 4.79 Å². The molecular weight excluding hydrogens is 186 g/mol. The van der Waals surface area contributed by atoms with E-state index in [0.29, 0.717) is 0 Å². The van der Waals surface area contributed by atoms with Crippen LogP contribution >= 0.6 is 0 Å². The number of para-hydroxylation sites is 1. The third-order valence-electron chi connectivity index (χ3n) is 2.29. The number of hydrogen-bond acceptors (Lipinski definition) is 1. The van der Waals surface area contributed by atoms with Crippen LogP contribution in [0.25, 0.3) is 5.57 Å². The molecule has 2 nitrogen and oxygen atoms in total. The predicted octanol–water partition coefficient (Wildman–Crippen LogP) is 2.99. The first-order valence-electron chi connectivity index (χ1n) is 4.94. The quantitative estimate of drug-likeness (QED) is 0.692. The summed E-state index contributed by atoms with van der Waals surface area (Å²) in [6.45, 7) is 4.02. The van der Waals surface area contributed by atoms with Crippen LogP contribution in [0, 0.1) is 0 Å². The van der Waals surface area contributed by atoms with Gasteiger partial charge < -0.3 is 5.32 Å². The van der Waals surface area contributed by atoms with E-state index in [4.69, 9.17) is 0 Å². The maximum absolute atomic E-state index is 11.6. The van der Waals surface area contributed by atoms with Crippen LogP contribution in [0.2, 0.25) is 0 Å². The summed E-state index contributed by atoms with van der Waals surface area (Å²) >= 11 is 0. The average molecular weight is 199 g/mol. The molecule has 0 saturated carbocycles. The van der Waals surface area contributed by atoms with Crippen LogP contribution in [0.5, 0.6) is 0 Å². The summed E-state index contributed by atoms with van der Waals surface area (Å²) < 4.78 is 0. The second-order valence-electron chi connectivity index (χ2n) is 3.82. The summed E-state index contributed by atoms with van der Waals surface area (Å²) in [6.07, 6.45) is 3.83. The van der Waals surface area contributed by atoms with Gasteiger partial charge in [0, 0.05) is 16.8 Å². The Labute approximate surface area is 89.3 Å². The SMILES string of the molecule is CC(C)=CC=C1C(=O)Nc2ccccc21. The van der Waals surface area contributed by atoms with Crippen LogP contribution in [0.4, 0.5) is 5.69 Å². The van der Waals surface area contributed by atoms with E-state index < -0.39 is 0 Å². The lowest BCUT2D eigenvalue weighted by Crippen LogP contribution is -2.03. The zero-order valence-corrected chi connectivity index (χ0v) is 8.87. The van der Waals surface area contributed by atoms with E-state index in [-0.39, 0.29) is 5.91 Å². The number of nitrogens with one attached hydrogen (secondary N) is 1. The summed E-state index contributed by atoms with van der Waals surface area (Å²) in [4.78, 5) is 11.6. The number of carbonyl (C=O) groups excluding carboxylic acids is 1. The fourth-order valence-electron chi connectivity index (χ4n) is 1.55. The van der Waals surface area contributed by atoms with Crippen LogP contribution in [0.1, 0.15) is 19.4 Å². The summed E-state index contributed by atoms with van der Waals surface area (Å²) in [5.41, 5.74) is 3.81. The minimum absolute atomic E-state index is 0.0197. The van der Waals surface area contributed by atoms with Gasteiger partial charge in [-0.25, -0.2) is 0 Å². The molecule has 1 heterocycles. The van der Waals surface area contributed by atoms with Crippen molar-refractivity contribution in [3.63, 3.8) is 0 Å². The molecule has 0 fully saturated rings. The van der Waals surface area contributed by atoms with E-state index in [2.05, 4.69) is 5.32 Å². The molecule has 76 valence electrons. The molecule has 0 spiro atoms. The number of allylic oxidation sites excluding steroid dienone is 3. The van der Waals surface area contributed by atoms with E-state index >= 15 is 0 Å². The molecule has 2 rings (SSSR count). The first-order chi connectivity index (χ1) is 7.18. The van der Waals surface area contributed by atoms with Crippen molar-refractivity contribution in [3.8, 4) is 0 Å². The number of fused-ring (bicyclic) bond motifs is 1. The number of anilines is 1. The minimum atomic E-state index is -0.0197. The van der Waals surface area contributed by atoms with E-state index in [1.807, 2.05) is 50.3 Å². The standard InChI is InChI=1S/C13H13NO/c1-9(2)7-8-11-10-5-3-4-6-12(10)14-13(11)15/h3-8H,1-2H3,(H,14,15). The van der Waals surface area contributed by atoms with Gasteiger partial charge in [0.2, 0.25) is 0 Å². The van der Waals surface area contributed by atoms with Gasteiger partial charge in [-0.15, -0.1) is 0 Å². The number of hydrogen-bond donors (Lipinski definition) is 1. The van der Waals surface area contributed by atoms with Crippen molar-refractivity contribution in [3.05, 3.63) is 47.6 Å². The molecule has 1 aromatic carbocycles. The Bertz CT molecular complexity index is 465. The second kappa shape index (κ2) is 3.73. The summed E-state index contributed by atoms with van der Waals surface area (Å²) in [5.74, 6) is -0.0197. The molecule has 1 amide bonds. The van der Waals surface area contributed by atoms with Crippen molar-refractivity contribution in [1.82, 2.24) is 0 Å². The normalized spacial score (nSPS) is 16.1. The maximum atomic E-state index is 11.6. The molecular formula is C13H13NO. The Morgan fingerprint density at radius 3 is 2.73 bits per heavy atom. The molecule has 1 aromatic rings. The largest absolute Gasteiger partial charge is 0.321 e. The second-order valence-corrected chi connectivity index (χ2v) is 3.82. The van der Waals surface area contributed by atoms with Crippen molar-refractivity contribution < 1.29 is 4.79 Å². The van der Waals surface area contributed by atoms with Crippen LogP contribution in [0.3, 0.4) is 0 Å². The minimum Gasteiger partial charge on any atom is -0.321 e. The van der Waals surface area contributed by atoms with Gasteiger partial charge in [-0.2, -0.15) is 0 Å². The lowest BCUT2D eigenvalue weighted by Gasteiger charge is -1.95. The van der Waals surface area contributed by atoms with Gasteiger partial charge in [-0.1, -0.05) is 29.8 Å². The fraction of sp³-hybridized carbons (Fsp3) is 0.154. The van der Waals surface area contributed by atoms with Gasteiger partial charge in [0.05, 0.1) is 0 Å². The third-order valence-corrected chi connectivity index (χ3v) is 2.29. The van der Waals surface area contributed by atoms with Gasteiger partial charge in [0.15, 0.2) is 0 Å². The summed E-state index contributed by atoms with van der Waals surface area (Å²) in [6, 6.07) is 7.73. The molecule has 1 aliphatic heterocycles. The van der Waals surface area contributed by atoms with E-state index in [1.54, 1.807) is 0 Å². The van der Waals surface area contributed by atoms with E-state index in [1.165, 1.54) is 5.57 Å². The highest BCUT2D eigenvalue weighted by molar-refractivity contribution is 6.31. The highest BCUT2D eigenvalue weighted by atomic mass is 16.1. The summed E-state index contributed by atoms with van der Waals surface area (Å²) in [7, 11) is 0. The Hall–Kier alpha value is -1.83. The topological polar surface area (TPSA) is 29.1 Å². The van der Waals surface area contributed by atoms with Crippen LogP contribution in [-0.2, 0) is 4.79 Å². The Morgan fingerprint density at radius 2 is 2.00 bits per heavy atom. The average Bonchev–Trinajstić information content (AvgIpc) is 2.50. The first kappa shape index (κ1) is 9.71. The van der Waals surface area contributed by atoms with Gasteiger partial charge in [-0.3, -0.25) is 4.79 Å². The van der Waals surface area contributed by atoms with Crippen molar-refractivity contribution in [2.24, 2.45) is 0 Å². The molecule has 0 unspecified atom stereocenters. The van der Waals surface area contributed by atoms with Crippen molar-refractivity contribution in [1.29, 1.82) is 0 Å². The Morgan fingerprint density at radius 1 is 1.27 bits per heavy atom. The fourth-order valence-corrected chi connectivity index (χ4v) is 1.55. The van der Waals surface area contributed by atoms with Gasteiger partial charge in [-0.05, 0) is 26.0 Å². The van der Waals surface area contributed by atoms with Gasteiger partial charge >= 0.3 is 0 Å². The molecule has 0 radical (unpaired) electrons. The van der Waals surface area contributed by atoms with Crippen molar-refractivity contribution >= 4 is 17.2 Å². The lowest BCUT2D eigenvalue weighted by molar-refractivity contribution is -0.110. The molecule has 1 N–H and O–H groups in total. The zero-order chi connectivity index (χ0) is 10.8. The molecule has 0 saturated heterocycles. The van der Waals surface area contributed by atoms with Crippen LogP contribution in [0.15, 0.2) is 42.0 Å². The molecule has 0 bridgehead atoms. The Balaban J connectivity index is 2.47. The molecule has 0 aromatic heterocycles. The lowest BCUT2D eigenvalue weighted by atomic mass is 10.1. The maximum Gasteiger partial charge on any atom is 0.256 e. The van der Waals surface area contributed by atoms with E-state index in [0.717, 1.165) is 16.8 Å².